The van der Waals surface area contributed by atoms with E-state index in [4.69, 9.17) is 10.4 Å². The standard InChI is InChI=1S/C11H17N3O3/c12-6-5-9(10(15)16)13-11(17)14-7-3-1-2-4-8-14/h9H,1-5,7-8H2,(H,13,17)(H,15,16)/t9-/m0/s1. The highest BCUT2D eigenvalue weighted by Gasteiger charge is 2.23. The average molecular weight is 239 g/mol. The van der Waals surface area contributed by atoms with E-state index in [-0.39, 0.29) is 12.5 Å². The second kappa shape index (κ2) is 6.74. The molecule has 1 fully saturated rings. The number of carboxylic acid groups (broad SMARTS) is 1. The van der Waals surface area contributed by atoms with E-state index in [1.807, 2.05) is 0 Å². The van der Waals surface area contributed by atoms with Crippen molar-refractivity contribution < 1.29 is 14.7 Å². The van der Waals surface area contributed by atoms with Crippen molar-refractivity contribution in [2.75, 3.05) is 13.1 Å². The molecule has 1 aliphatic heterocycles. The first-order valence-electron chi connectivity index (χ1n) is 5.80. The molecule has 0 aliphatic carbocycles. The normalized spacial score (nSPS) is 17.7. The van der Waals surface area contributed by atoms with E-state index in [1.54, 1.807) is 11.0 Å². The average Bonchev–Trinajstić information content (AvgIpc) is 2.56. The number of likely N-dealkylation sites (tertiary alicyclic amines) is 1. The van der Waals surface area contributed by atoms with Crippen LogP contribution in [0.25, 0.3) is 0 Å². The summed E-state index contributed by atoms with van der Waals surface area (Å²) >= 11 is 0. The van der Waals surface area contributed by atoms with Gasteiger partial charge in [-0.3, -0.25) is 0 Å². The van der Waals surface area contributed by atoms with Gasteiger partial charge in [0.1, 0.15) is 6.04 Å². The van der Waals surface area contributed by atoms with Crippen molar-refractivity contribution in [3.05, 3.63) is 0 Å². The highest BCUT2D eigenvalue weighted by atomic mass is 16.4. The van der Waals surface area contributed by atoms with Gasteiger partial charge in [0, 0.05) is 13.1 Å². The molecule has 2 amide bonds. The van der Waals surface area contributed by atoms with Crippen LogP contribution in [-0.4, -0.2) is 41.1 Å². The number of hydrogen-bond donors (Lipinski definition) is 2. The van der Waals surface area contributed by atoms with Crippen LogP contribution in [0.1, 0.15) is 32.1 Å². The SMILES string of the molecule is N#CC[C@H](NC(=O)N1CCCCCC1)C(=O)O. The van der Waals surface area contributed by atoms with Gasteiger partial charge in [0.05, 0.1) is 12.5 Å². The van der Waals surface area contributed by atoms with Gasteiger partial charge in [-0.1, -0.05) is 12.8 Å². The molecule has 0 bridgehead atoms. The van der Waals surface area contributed by atoms with Gasteiger partial charge in [-0.25, -0.2) is 9.59 Å². The van der Waals surface area contributed by atoms with Crippen molar-refractivity contribution in [2.24, 2.45) is 0 Å². The first kappa shape index (κ1) is 13.3. The Labute approximate surface area is 100 Å². The molecule has 0 saturated carbocycles. The third kappa shape index (κ3) is 4.31. The van der Waals surface area contributed by atoms with E-state index >= 15 is 0 Å². The summed E-state index contributed by atoms with van der Waals surface area (Å²) in [5, 5.41) is 19.7. The number of amides is 2. The number of hydrogen-bond acceptors (Lipinski definition) is 3. The number of urea groups is 1. The fourth-order valence-electron chi connectivity index (χ4n) is 1.81. The number of nitrogens with zero attached hydrogens (tertiary/aromatic N) is 2. The maximum atomic E-state index is 11.8. The van der Waals surface area contributed by atoms with Gasteiger partial charge in [-0.05, 0) is 12.8 Å². The van der Waals surface area contributed by atoms with Crippen molar-refractivity contribution >= 4 is 12.0 Å². The molecule has 94 valence electrons. The maximum absolute atomic E-state index is 11.8. The van der Waals surface area contributed by atoms with Crippen LogP contribution in [0.4, 0.5) is 4.79 Å². The summed E-state index contributed by atoms with van der Waals surface area (Å²) in [4.78, 5) is 24.2. The predicted molar refractivity (Wildman–Crippen MR) is 60.2 cm³/mol. The molecular weight excluding hydrogens is 222 g/mol. The Bertz CT molecular complexity index is 316. The Hall–Kier alpha value is -1.77. The zero-order chi connectivity index (χ0) is 12.7. The van der Waals surface area contributed by atoms with Gasteiger partial charge in [-0.15, -0.1) is 0 Å². The number of nitriles is 1. The molecule has 6 nitrogen and oxygen atoms in total. The van der Waals surface area contributed by atoms with Crippen LogP contribution in [-0.2, 0) is 4.79 Å². The summed E-state index contributed by atoms with van der Waals surface area (Å²) in [6.45, 7) is 1.31. The van der Waals surface area contributed by atoms with Gasteiger partial charge in [-0.2, -0.15) is 5.26 Å². The number of carbonyl (C=O) groups is 2. The summed E-state index contributed by atoms with van der Waals surface area (Å²) < 4.78 is 0. The number of rotatable bonds is 3. The summed E-state index contributed by atoms with van der Waals surface area (Å²) in [5.41, 5.74) is 0. The lowest BCUT2D eigenvalue weighted by Gasteiger charge is -2.22. The second-order valence-electron chi connectivity index (χ2n) is 4.10. The number of carbonyl (C=O) groups excluding carboxylic acids is 1. The van der Waals surface area contributed by atoms with Crippen LogP contribution in [0.2, 0.25) is 0 Å². The molecule has 6 heteroatoms. The van der Waals surface area contributed by atoms with Gasteiger partial charge in [0.25, 0.3) is 0 Å². The molecule has 2 N–H and O–H groups in total. The fraction of sp³-hybridized carbons (Fsp3) is 0.727. The fourth-order valence-corrected chi connectivity index (χ4v) is 1.81. The van der Waals surface area contributed by atoms with Crippen LogP contribution < -0.4 is 5.32 Å². The Morgan fingerprint density at radius 2 is 1.88 bits per heavy atom. The van der Waals surface area contributed by atoms with Crippen molar-refractivity contribution in [1.29, 1.82) is 5.26 Å². The topological polar surface area (TPSA) is 93.4 Å². The molecule has 0 aromatic carbocycles. The minimum atomic E-state index is -1.17. The molecule has 1 heterocycles. The van der Waals surface area contributed by atoms with E-state index < -0.39 is 12.0 Å². The van der Waals surface area contributed by atoms with Crippen LogP contribution in [0.3, 0.4) is 0 Å². The highest BCUT2D eigenvalue weighted by molar-refractivity contribution is 5.82. The van der Waals surface area contributed by atoms with Crippen LogP contribution >= 0.6 is 0 Å². The molecule has 0 aromatic heterocycles. The Morgan fingerprint density at radius 1 is 1.29 bits per heavy atom. The zero-order valence-corrected chi connectivity index (χ0v) is 9.69. The quantitative estimate of drug-likeness (QED) is 0.766. The molecule has 0 aromatic rings. The first-order valence-corrected chi connectivity index (χ1v) is 5.80. The largest absolute Gasteiger partial charge is 0.480 e. The van der Waals surface area contributed by atoms with Crippen LogP contribution in [0.15, 0.2) is 0 Å². The van der Waals surface area contributed by atoms with Crippen LogP contribution in [0.5, 0.6) is 0 Å². The van der Waals surface area contributed by atoms with Crippen molar-refractivity contribution in [3.8, 4) is 6.07 Å². The number of nitrogens with one attached hydrogen (secondary N) is 1. The number of carboxylic acids is 1. The summed E-state index contributed by atoms with van der Waals surface area (Å²) in [6.07, 6.45) is 3.89. The summed E-state index contributed by atoms with van der Waals surface area (Å²) in [7, 11) is 0. The predicted octanol–water partition coefficient (Wildman–Crippen LogP) is 0.939. The van der Waals surface area contributed by atoms with Gasteiger partial charge in [0.15, 0.2) is 0 Å². The summed E-state index contributed by atoms with van der Waals surface area (Å²) in [5.74, 6) is -1.17. The smallest absolute Gasteiger partial charge is 0.327 e. The Balaban J connectivity index is 2.50. The molecule has 0 unspecified atom stereocenters. The minimum absolute atomic E-state index is 0.213. The van der Waals surface area contributed by atoms with E-state index in [1.165, 1.54) is 0 Å². The molecule has 1 atom stereocenters. The van der Waals surface area contributed by atoms with Gasteiger partial charge >= 0.3 is 12.0 Å². The summed E-state index contributed by atoms with van der Waals surface area (Å²) in [6, 6.07) is 0.261. The Morgan fingerprint density at radius 3 is 2.35 bits per heavy atom. The monoisotopic (exact) mass is 239 g/mol. The maximum Gasteiger partial charge on any atom is 0.327 e. The molecular formula is C11H17N3O3. The lowest BCUT2D eigenvalue weighted by Crippen LogP contribution is -2.48. The second-order valence-corrected chi connectivity index (χ2v) is 4.10. The van der Waals surface area contributed by atoms with E-state index in [2.05, 4.69) is 5.32 Å². The van der Waals surface area contributed by atoms with Gasteiger partial charge in [0.2, 0.25) is 0 Å². The molecule has 0 spiro atoms. The lowest BCUT2D eigenvalue weighted by molar-refractivity contribution is -0.139. The molecule has 0 radical (unpaired) electrons. The first-order chi connectivity index (χ1) is 8.15. The van der Waals surface area contributed by atoms with Crippen molar-refractivity contribution in [1.82, 2.24) is 10.2 Å². The number of aliphatic carboxylic acids is 1. The van der Waals surface area contributed by atoms with Crippen LogP contribution in [0, 0.1) is 11.3 Å². The third-order valence-electron chi connectivity index (χ3n) is 2.78. The van der Waals surface area contributed by atoms with E-state index in [0.717, 1.165) is 25.7 Å². The highest BCUT2D eigenvalue weighted by Crippen LogP contribution is 2.09. The van der Waals surface area contributed by atoms with E-state index in [0.29, 0.717) is 13.1 Å². The van der Waals surface area contributed by atoms with E-state index in [9.17, 15) is 9.59 Å². The lowest BCUT2D eigenvalue weighted by atomic mass is 10.2. The molecule has 17 heavy (non-hydrogen) atoms. The van der Waals surface area contributed by atoms with Crippen molar-refractivity contribution in [3.63, 3.8) is 0 Å². The molecule has 1 saturated heterocycles. The zero-order valence-electron chi connectivity index (χ0n) is 9.69. The van der Waals surface area contributed by atoms with Gasteiger partial charge < -0.3 is 15.3 Å². The minimum Gasteiger partial charge on any atom is -0.480 e. The molecule has 1 aliphatic rings. The van der Waals surface area contributed by atoms with Crippen molar-refractivity contribution in [2.45, 2.75) is 38.1 Å². The Kier molecular flexibility index (Phi) is 5.27. The third-order valence-corrected chi connectivity index (χ3v) is 2.78. The molecule has 1 rings (SSSR count).